The van der Waals surface area contributed by atoms with Crippen LogP contribution in [0.5, 0.6) is 0 Å². The van der Waals surface area contributed by atoms with E-state index in [0.717, 1.165) is 30.0 Å². The van der Waals surface area contributed by atoms with Crippen molar-refractivity contribution >= 4 is 11.5 Å². The first kappa shape index (κ1) is 18.6. The van der Waals surface area contributed by atoms with Crippen molar-refractivity contribution < 1.29 is 22.4 Å². The van der Waals surface area contributed by atoms with Crippen molar-refractivity contribution in [1.82, 2.24) is 4.98 Å². The SMILES string of the molecule is CN(C)c1ccnc(-c2ccc(F)c(C(=O)c3ccc(F)cc3F)c2F)c1. The second-order valence-electron chi connectivity index (χ2n) is 6.03. The molecule has 0 aliphatic carbocycles. The van der Waals surface area contributed by atoms with Gasteiger partial charge in [-0.25, -0.2) is 17.6 Å². The van der Waals surface area contributed by atoms with Crippen LogP contribution in [0.2, 0.25) is 0 Å². The fraction of sp³-hybridized carbons (Fsp3) is 0.100. The van der Waals surface area contributed by atoms with Gasteiger partial charge in [0.25, 0.3) is 0 Å². The Morgan fingerprint density at radius 2 is 1.67 bits per heavy atom. The van der Waals surface area contributed by atoms with Crippen molar-refractivity contribution in [3.05, 3.63) is 83.1 Å². The highest BCUT2D eigenvalue weighted by Crippen LogP contribution is 2.29. The van der Waals surface area contributed by atoms with Crippen LogP contribution in [0.4, 0.5) is 23.2 Å². The number of halogens is 4. The molecule has 0 aliphatic rings. The molecule has 0 N–H and O–H groups in total. The maximum absolute atomic E-state index is 15.0. The molecular formula is C20H14F4N2O. The van der Waals surface area contributed by atoms with Crippen molar-refractivity contribution in [2.24, 2.45) is 0 Å². The van der Waals surface area contributed by atoms with Crippen LogP contribution in [-0.2, 0) is 0 Å². The number of hydrogen-bond acceptors (Lipinski definition) is 3. The number of carbonyl (C=O) groups is 1. The van der Waals surface area contributed by atoms with Crippen molar-refractivity contribution in [3.63, 3.8) is 0 Å². The third kappa shape index (κ3) is 3.53. The number of nitrogens with zero attached hydrogens (tertiary/aromatic N) is 2. The van der Waals surface area contributed by atoms with Crippen LogP contribution in [0.15, 0.2) is 48.7 Å². The van der Waals surface area contributed by atoms with Crippen LogP contribution < -0.4 is 4.90 Å². The Morgan fingerprint density at radius 3 is 2.33 bits per heavy atom. The van der Waals surface area contributed by atoms with E-state index in [1.807, 2.05) is 0 Å². The van der Waals surface area contributed by atoms with Gasteiger partial charge < -0.3 is 4.90 Å². The summed E-state index contributed by atoms with van der Waals surface area (Å²) < 4.78 is 56.1. The molecule has 3 aromatic rings. The highest BCUT2D eigenvalue weighted by Gasteiger charge is 2.25. The number of rotatable bonds is 4. The molecule has 27 heavy (non-hydrogen) atoms. The predicted octanol–water partition coefficient (Wildman–Crippen LogP) is 4.60. The minimum absolute atomic E-state index is 0.106. The second kappa shape index (κ2) is 7.19. The van der Waals surface area contributed by atoms with Crippen LogP contribution in [0, 0.1) is 23.3 Å². The summed E-state index contributed by atoms with van der Waals surface area (Å²) >= 11 is 0. The third-order valence-electron chi connectivity index (χ3n) is 4.03. The monoisotopic (exact) mass is 374 g/mol. The lowest BCUT2D eigenvalue weighted by Gasteiger charge is -2.14. The number of carbonyl (C=O) groups excluding carboxylic acids is 1. The Bertz CT molecular complexity index is 1030. The number of aromatic nitrogens is 1. The molecule has 3 rings (SSSR count). The molecule has 0 saturated heterocycles. The molecule has 0 radical (unpaired) electrons. The summed E-state index contributed by atoms with van der Waals surface area (Å²) in [6, 6.07) is 7.52. The summed E-state index contributed by atoms with van der Waals surface area (Å²) in [4.78, 5) is 18.3. The highest BCUT2D eigenvalue weighted by molar-refractivity contribution is 6.10. The van der Waals surface area contributed by atoms with E-state index in [0.29, 0.717) is 6.07 Å². The zero-order chi connectivity index (χ0) is 19.7. The van der Waals surface area contributed by atoms with Gasteiger partial charge in [0.2, 0.25) is 5.78 Å². The smallest absolute Gasteiger partial charge is 0.201 e. The third-order valence-corrected chi connectivity index (χ3v) is 4.03. The molecule has 0 saturated carbocycles. The van der Waals surface area contributed by atoms with E-state index in [-0.39, 0.29) is 11.3 Å². The molecule has 0 atom stereocenters. The molecule has 2 aromatic carbocycles. The summed E-state index contributed by atoms with van der Waals surface area (Å²) in [6.45, 7) is 0. The van der Waals surface area contributed by atoms with Crippen LogP contribution in [0.1, 0.15) is 15.9 Å². The highest BCUT2D eigenvalue weighted by atomic mass is 19.1. The lowest BCUT2D eigenvalue weighted by Crippen LogP contribution is -2.11. The fourth-order valence-corrected chi connectivity index (χ4v) is 2.61. The van der Waals surface area contributed by atoms with E-state index in [2.05, 4.69) is 4.98 Å². The first-order valence-corrected chi connectivity index (χ1v) is 7.91. The molecule has 7 heteroatoms. The average molecular weight is 374 g/mol. The second-order valence-corrected chi connectivity index (χ2v) is 6.03. The van der Waals surface area contributed by atoms with Crippen molar-refractivity contribution in [2.45, 2.75) is 0 Å². The van der Waals surface area contributed by atoms with Gasteiger partial charge in [0.15, 0.2) is 0 Å². The summed E-state index contributed by atoms with van der Waals surface area (Å²) in [5, 5.41) is 0. The van der Waals surface area contributed by atoms with E-state index >= 15 is 0 Å². The standard InChI is InChI=1S/C20H14F4N2O/c1-26(2)12-7-8-25-17(10-12)14-5-6-15(22)18(19(14)24)20(27)13-4-3-11(21)9-16(13)23/h3-10H,1-2H3. The summed E-state index contributed by atoms with van der Waals surface area (Å²) in [5.41, 5.74) is -0.740. The van der Waals surface area contributed by atoms with E-state index in [4.69, 9.17) is 0 Å². The molecule has 0 aliphatic heterocycles. The van der Waals surface area contributed by atoms with Gasteiger partial charge in [0.05, 0.1) is 16.8 Å². The number of pyridine rings is 1. The Balaban J connectivity index is 2.14. The van der Waals surface area contributed by atoms with E-state index in [1.165, 1.54) is 6.20 Å². The average Bonchev–Trinajstić information content (AvgIpc) is 2.61. The molecular weight excluding hydrogens is 360 g/mol. The van der Waals surface area contributed by atoms with Crippen molar-refractivity contribution in [3.8, 4) is 11.3 Å². The molecule has 138 valence electrons. The molecule has 3 nitrogen and oxygen atoms in total. The van der Waals surface area contributed by atoms with E-state index in [9.17, 15) is 22.4 Å². The number of anilines is 1. The van der Waals surface area contributed by atoms with E-state index in [1.54, 1.807) is 31.1 Å². The van der Waals surface area contributed by atoms with Gasteiger partial charge in [-0.05, 0) is 36.4 Å². The summed E-state index contributed by atoms with van der Waals surface area (Å²) in [5.74, 6) is -5.62. The van der Waals surface area contributed by atoms with E-state index < -0.39 is 40.2 Å². The Labute approximate surface area is 152 Å². The lowest BCUT2D eigenvalue weighted by atomic mass is 9.98. The van der Waals surface area contributed by atoms with Crippen molar-refractivity contribution in [1.29, 1.82) is 0 Å². The molecule has 0 spiro atoms. The predicted molar refractivity (Wildman–Crippen MR) is 93.7 cm³/mol. The maximum Gasteiger partial charge on any atom is 0.201 e. The molecule has 0 unspecified atom stereocenters. The van der Waals surface area contributed by atoms with Crippen molar-refractivity contribution in [2.75, 3.05) is 19.0 Å². The molecule has 0 bridgehead atoms. The van der Waals surface area contributed by atoms with Gasteiger partial charge in [0, 0.05) is 37.6 Å². The molecule has 1 heterocycles. The minimum Gasteiger partial charge on any atom is -0.378 e. The molecule has 0 fully saturated rings. The Kier molecular flexibility index (Phi) is 4.94. The van der Waals surface area contributed by atoms with Gasteiger partial charge in [-0.15, -0.1) is 0 Å². The zero-order valence-electron chi connectivity index (χ0n) is 14.4. The lowest BCUT2D eigenvalue weighted by molar-refractivity contribution is 0.102. The topological polar surface area (TPSA) is 33.2 Å². The van der Waals surface area contributed by atoms with Crippen LogP contribution >= 0.6 is 0 Å². The van der Waals surface area contributed by atoms with Gasteiger partial charge in [-0.1, -0.05) is 0 Å². The zero-order valence-corrected chi connectivity index (χ0v) is 14.4. The fourth-order valence-electron chi connectivity index (χ4n) is 2.61. The van der Waals surface area contributed by atoms with Gasteiger partial charge in [0.1, 0.15) is 23.3 Å². The normalized spacial score (nSPS) is 10.7. The summed E-state index contributed by atoms with van der Waals surface area (Å²) in [6.07, 6.45) is 1.45. The number of ketones is 1. The molecule has 0 amide bonds. The Morgan fingerprint density at radius 1 is 0.926 bits per heavy atom. The van der Waals surface area contributed by atoms with Crippen LogP contribution in [0.3, 0.4) is 0 Å². The first-order valence-electron chi connectivity index (χ1n) is 7.91. The summed E-state index contributed by atoms with van der Waals surface area (Å²) in [7, 11) is 3.57. The van der Waals surface area contributed by atoms with Gasteiger partial charge >= 0.3 is 0 Å². The Hall–Kier alpha value is -3.22. The van der Waals surface area contributed by atoms with Gasteiger partial charge in [-0.2, -0.15) is 0 Å². The first-order chi connectivity index (χ1) is 12.8. The number of benzene rings is 2. The van der Waals surface area contributed by atoms with Gasteiger partial charge in [-0.3, -0.25) is 9.78 Å². The largest absolute Gasteiger partial charge is 0.378 e. The maximum atomic E-state index is 15.0. The van der Waals surface area contributed by atoms with Crippen LogP contribution in [-0.4, -0.2) is 24.9 Å². The molecule has 1 aromatic heterocycles. The minimum atomic E-state index is -1.21. The van der Waals surface area contributed by atoms with Crippen LogP contribution in [0.25, 0.3) is 11.3 Å². The number of hydrogen-bond donors (Lipinski definition) is 0. The quantitative estimate of drug-likeness (QED) is 0.494.